The third-order valence-electron chi connectivity index (χ3n) is 5.09. The molecule has 36 heavy (non-hydrogen) atoms. The Bertz CT molecular complexity index is 1130. The molecular formula is C30H23ClO2P2Pd. The van der Waals surface area contributed by atoms with Crippen LogP contribution in [0.4, 0.5) is 0 Å². The van der Waals surface area contributed by atoms with Crippen LogP contribution in [0.2, 0.25) is 0 Å². The Morgan fingerprint density at radius 3 is 1.03 bits per heavy atom. The summed E-state index contributed by atoms with van der Waals surface area (Å²) in [4.78, 5) is 0. The van der Waals surface area contributed by atoms with Crippen LogP contribution in [0.1, 0.15) is 0 Å². The maximum Gasteiger partial charge on any atom is 0.133 e. The van der Waals surface area contributed by atoms with E-state index >= 15 is 0 Å². The van der Waals surface area contributed by atoms with Gasteiger partial charge in [-0.3, -0.25) is 0 Å². The molecule has 0 radical (unpaired) electrons. The largest absolute Gasteiger partial charge is 0.524 e. The molecule has 0 fully saturated rings. The number of halogens is 1. The second-order valence-corrected chi connectivity index (χ2v) is 11.1. The van der Waals surface area contributed by atoms with E-state index in [1.54, 1.807) is 0 Å². The summed E-state index contributed by atoms with van der Waals surface area (Å²) in [5, 5.41) is 4.63. The van der Waals surface area contributed by atoms with Gasteiger partial charge in [0.05, 0.1) is 0 Å². The third-order valence-corrected chi connectivity index (χ3v) is 8.95. The average Bonchev–Trinajstić information content (AvgIpc) is 2.98. The zero-order valence-corrected chi connectivity index (χ0v) is 23.3. The first-order valence-electron chi connectivity index (χ1n) is 11.2. The molecule has 0 aromatic heterocycles. The van der Waals surface area contributed by atoms with Crippen molar-refractivity contribution < 1.29 is 27.2 Å². The van der Waals surface area contributed by atoms with Crippen molar-refractivity contribution in [2.45, 2.75) is 0 Å². The SMILES string of the molecule is [Cl][Pd+].[c-]1cc(OP(c2ccccc2)c2ccccc2)cc(OP(c2ccccc2)c2ccccc2)c1. The minimum absolute atomic E-state index is 0.743. The molecule has 5 rings (SSSR count). The van der Waals surface area contributed by atoms with Gasteiger partial charge < -0.3 is 9.05 Å². The van der Waals surface area contributed by atoms with Gasteiger partial charge in [-0.15, -0.1) is 12.1 Å². The number of rotatable bonds is 8. The zero-order valence-electron chi connectivity index (χ0n) is 19.2. The normalized spacial score (nSPS) is 10.5. The van der Waals surface area contributed by atoms with Crippen LogP contribution in [-0.4, -0.2) is 0 Å². The van der Waals surface area contributed by atoms with Crippen molar-refractivity contribution in [2.24, 2.45) is 0 Å². The molecular weight excluding hydrogens is 596 g/mol. The molecule has 6 heteroatoms. The molecule has 0 atom stereocenters. The molecule has 2 nitrogen and oxygen atoms in total. The second-order valence-electron chi connectivity index (χ2n) is 7.52. The molecule has 0 saturated heterocycles. The fourth-order valence-corrected chi connectivity index (χ4v) is 6.93. The Balaban J connectivity index is 0.00000148. The van der Waals surface area contributed by atoms with Gasteiger partial charge in [0, 0.05) is 32.7 Å². The average molecular weight is 619 g/mol. The van der Waals surface area contributed by atoms with E-state index in [0.29, 0.717) is 0 Å². The van der Waals surface area contributed by atoms with E-state index in [-0.39, 0.29) is 0 Å². The molecule has 0 aliphatic carbocycles. The predicted molar refractivity (Wildman–Crippen MR) is 151 cm³/mol. The third kappa shape index (κ3) is 7.27. The van der Waals surface area contributed by atoms with Gasteiger partial charge in [-0.05, 0) is 0 Å². The van der Waals surface area contributed by atoms with Crippen molar-refractivity contribution in [3.8, 4) is 11.5 Å². The number of hydrogen-bond acceptors (Lipinski definition) is 2. The van der Waals surface area contributed by atoms with E-state index < -0.39 is 16.3 Å². The predicted octanol–water partition coefficient (Wildman–Crippen LogP) is 7.03. The van der Waals surface area contributed by atoms with E-state index in [4.69, 9.17) is 9.05 Å². The van der Waals surface area contributed by atoms with Crippen molar-refractivity contribution >= 4 is 47.0 Å². The monoisotopic (exact) mass is 618 g/mol. The molecule has 5 aromatic carbocycles. The number of benzene rings is 5. The summed E-state index contributed by atoms with van der Waals surface area (Å²) < 4.78 is 13.2. The molecule has 0 spiro atoms. The molecule has 0 amide bonds. The smallest absolute Gasteiger partial charge is 0.133 e. The van der Waals surface area contributed by atoms with Gasteiger partial charge in [-0.25, -0.2) is 0 Å². The van der Waals surface area contributed by atoms with Gasteiger partial charge in [0.1, 0.15) is 16.3 Å². The molecule has 5 aromatic rings. The molecule has 0 bridgehead atoms. The summed E-state index contributed by atoms with van der Waals surface area (Å²) in [5.74, 6) is 1.49. The molecule has 0 aliphatic heterocycles. The Morgan fingerprint density at radius 2 is 0.750 bits per heavy atom. The summed E-state index contributed by atoms with van der Waals surface area (Å²) in [6.45, 7) is 0. The Labute approximate surface area is 230 Å². The minimum Gasteiger partial charge on any atom is -0.524 e. The van der Waals surface area contributed by atoms with E-state index in [1.807, 2.05) is 42.5 Å². The van der Waals surface area contributed by atoms with E-state index in [0.717, 1.165) is 32.7 Å². The van der Waals surface area contributed by atoms with Crippen LogP contribution in [0.15, 0.2) is 140 Å². The minimum atomic E-state index is -1.02. The van der Waals surface area contributed by atoms with Gasteiger partial charge in [0.25, 0.3) is 0 Å². The van der Waals surface area contributed by atoms with Crippen molar-refractivity contribution in [1.29, 1.82) is 0 Å². The Kier molecular flexibility index (Phi) is 10.6. The van der Waals surface area contributed by atoms with Crippen LogP contribution in [0.3, 0.4) is 0 Å². The topological polar surface area (TPSA) is 18.5 Å². The van der Waals surface area contributed by atoms with E-state index in [2.05, 4.69) is 131 Å². The molecule has 0 aliphatic rings. The first kappa shape index (κ1) is 26.6. The van der Waals surface area contributed by atoms with Crippen molar-refractivity contribution in [1.82, 2.24) is 0 Å². The molecule has 0 saturated carbocycles. The van der Waals surface area contributed by atoms with Crippen LogP contribution in [0.25, 0.3) is 0 Å². The fraction of sp³-hybridized carbons (Fsp3) is 0. The van der Waals surface area contributed by atoms with Gasteiger partial charge in [-0.1, -0.05) is 127 Å². The van der Waals surface area contributed by atoms with Gasteiger partial charge in [-0.2, -0.15) is 6.07 Å². The fourth-order valence-electron chi connectivity index (χ4n) is 3.51. The van der Waals surface area contributed by atoms with Crippen LogP contribution in [-0.2, 0) is 18.2 Å². The van der Waals surface area contributed by atoms with Gasteiger partial charge in [0.15, 0.2) is 0 Å². The molecule has 0 heterocycles. The molecule has 0 unspecified atom stereocenters. The van der Waals surface area contributed by atoms with Gasteiger partial charge >= 0.3 is 27.7 Å². The second kappa shape index (κ2) is 14.3. The first-order chi connectivity index (χ1) is 17.9. The number of hydrogen-bond donors (Lipinski definition) is 0. The van der Waals surface area contributed by atoms with Gasteiger partial charge in [0.2, 0.25) is 0 Å². The molecule has 0 N–H and O–H groups in total. The zero-order chi connectivity index (χ0) is 25.0. The summed E-state index contributed by atoms with van der Waals surface area (Å²) in [6, 6.07) is 50.4. The summed E-state index contributed by atoms with van der Waals surface area (Å²) in [5.41, 5.74) is 0. The maximum atomic E-state index is 6.58. The summed E-state index contributed by atoms with van der Waals surface area (Å²) in [7, 11) is 2.45. The van der Waals surface area contributed by atoms with Crippen LogP contribution < -0.4 is 30.3 Å². The van der Waals surface area contributed by atoms with E-state index in [9.17, 15) is 0 Å². The quantitative estimate of drug-likeness (QED) is 0.106. The van der Waals surface area contributed by atoms with Crippen molar-refractivity contribution in [3.05, 3.63) is 146 Å². The van der Waals surface area contributed by atoms with E-state index in [1.165, 1.54) is 0 Å². The van der Waals surface area contributed by atoms with Crippen molar-refractivity contribution in [3.63, 3.8) is 0 Å². The van der Waals surface area contributed by atoms with Crippen LogP contribution >= 0.6 is 25.8 Å². The maximum absolute atomic E-state index is 6.58. The summed E-state index contributed by atoms with van der Waals surface area (Å²) >= 11 is 2.22. The van der Waals surface area contributed by atoms with Crippen molar-refractivity contribution in [2.75, 3.05) is 0 Å². The first-order valence-corrected chi connectivity index (χ1v) is 15.7. The summed E-state index contributed by atoms with van der Waals surface area (Å²) in [6.07, 6.45) is 0. The van der Waals surface area contributed by atoms with Crippen LogP contribution in [0.5, 0.6) is 11.5 Å². The Hall–Kier alpha value is -2.49. The Morgan fingerprint density at radius 1 is 0.472 bits per heavy atom. The molecule has 182 valence electrons. The van der Waals surface area contributed by atoms with Crippen LogP contribution in [0, 0.1) is 6.07 Å². The standard InChI is InChI=1S/C30H23O2P2.ClH.Pd/c1-5-16-27(17-6-1)33(28-18-7-2-8-19-28)31-25-14-13-15-26(24-25)32-34(29-20-9-3-10-21-29)30-22-11-4-12-23-30;;/h1-12,14-24H;1H;/q-1;;+2/p-1.